The molecule has 2 N–H and O–H groups in total. The van der Waals surface area contributed by atoms with Crippen molar-refractivity contribution in [3.05, 3.63) is 11.1 Å². The van der Waals surface area contributed by atoms with E-state index in [1.54, 1.807) is 0 Å². The van der Waals surface area contributed by atoms with Gasteiger partial charge in [0, 0.05) is 0 Å². The van der Waals surface area contributed by atoms with E-state index in [0.717, 1.165) is 12.8 Å². The molecule has 0 aliphatic rings. The number of rotatable bonds is 8. The quantitative estimate of drug-likeness (QED) is 0.396. The van der Waals surface area contributed by atoms with Crippen molar-refractivity contribution in [2.45, 2.75) is 52.4 Å². The molecule has 0 aromatic heterocycles. The van der Waals surface area contributed by atoms with Crippen LogP contribution in [0.1, 0.15) is 52.4 Å². The third-order valence-corrected chi connectivity index (χ3v) is 2.58. The Kier molecular flexibility index (Phi) is 8.86. The first-order chi connectivity index (χ1) is 8.62. The van der Waals surface area contributed by atoms with Crippen LogP contribution in [0.2, 0.25) is 0 Å². The lowest BCUT2D eigenvalue weighted by Gasteiger charge is -2.10. The van der Waals surface area contributed by atoms with Gasteiger partial charge >= 0.3 is 11.9 Å². The van der Waals surface area contributed by atoms with Gasteiger partial charge in [-0.25, -0.2) is 9.59 Å². The Morgan fingerprint density at radius 1 is 0.833 bits per heavy atom. The summed E-state index contributed by atoms with van der Waals surface area (Å²) in [6.07, 6.45) is 3.56. The van der Waals surface area contributed by atoms with Gasteiger partial charge in [0.25, 0.3) is 0 Å². The second-order valence-electron chi connectivity index (χ2n) is 3.92. The van der Waals surface area contributed by atoms with Gasteiger partial charge < -0.3 is 0 Å². The van der Waals surface area contributed by atoms with E-state index in [2.05, 4.69) is 9.78 Å². The third kappa shape index (κ3) is 5.29. The molecule has 6 nitrogen and oxygen atoms in total. The molecule has 0 saturated carbocycles. The van der Waals surface area contributed by atoms with Crippen LogP contribution in [0, 0.1) is 0 Å². The summed E-state index contributed by atoms with van der Waals surface area (Å²) in [4.78, 5) is 30.2. The van der Waals surface area contributed by atoms with Crippen molar-refractivity contribution in [1.29, 1.82) is 0 Å². The van der Waals surface area contributed by atoms with Crippen LogP contribution in [-0.2, 0) is 19.4 Å². The molecule has 0 spiro atoms. The lowest BCUT2D eigenvalue weighted by molar-refractivity contribution is -0.232. The van der Waals surface area contributed by atoms with Gasteiger partial charge in [0.05, 0.1) is 11.1 Å². The predicted molar refractivity (Wildman–Crippen MR) is 63.5 cm³/mol. The number of unbranched alkanes of at least 4 members (excludes halogenated alkanes) is 2. The fraction of sp³-hybridized carbons (Fsp3) is 0.667. The van der Waals surface area contributed by atoms with E-state index in [0.29, 0.717) is 25.7 Å². The summed E-state index contributed by atoms with van der Waals surface area (Å²) >= 11 is 0. The molecule has 18 heavy (non-hydrogen) atoms. The lowest BCUT2D eigenvalue weighted by atomic mass is 9.98. The summed E-state index contributed by atoms with van der Waals surface area (Å²) in [6.45, 7) is 3.86. The average molecular weight is 260 g/mol. The zero-order valence-corrected chi connectivity index (χ0v) is 10.8. The molecular formula is C12H20O6. The van der Waals surface area contributed by atoms with Gasteiger partial charge in [-0.2, -0.15) is 10.5 Å². The van der Waals surface area contributed by atoms with Crippen molar-refractivity contribution >= 4 is 11.9 Å². The topological polar surface area (TPSA) is 93.1 Å². The van der Waals surface area contributed by atoms with Crippen molar-refractivity contribution in [2.75, 3.05) is 0 Å². The Morgan fingerprint density at radius 2 is 1.17 bits per heavy atom. The van der Waals surface area contributed by atoms with Crippen LogP contribution >= 0.6 is 0 Å². The largest absolute Gasteiger partial charge is 0.369 e. The van der Waals surface area contributed by atoms with E-state index in [4.69, 9.17) is 10.5 Å². The molecule has 0 saturated heterocycles. The molecule has 6 heteroatoms. The van der Waals surface area contributed by atoms with Gasteiger partial charge in [-0.05, 0) is 25.7 Å². The highest BCUT2D eigenvalue weighted by atomic mass is 17.1. The standard InChI is InChI=1S/C12H20O6/c1-3-5-7-9(11(13)17-15)10(8-6-4-2)12(14)18-16/h15-16H,3-8H2,1-2H3/b10-9+. The van der Waals surface area contributed by atoms with Crippen LogP contribution < -0.4 is 0 Å². The molecule has 0 aromatic rings. The number of carbonyl (C=O) groups is 2. The van der Waals surface area contributed by atoms with Gasteiger partial charge in [0.2, 0.25) is 0 Å². The van der Waals surface area contributed by atoms with Crippen LogP contribution in [0.3, 0.4) is 0 Å². The van der Waals surface area contributed by atoms with E-state index < -0.39 is 11.9 Å². The molecule has 0 aliphatic heterocycles. The maximum absolute atomic E-state index is 11.4. The number of carbonyl (C=O) groups excluding carboxylic acids is 2. The van der Waals surface area contributed by atoms with Gasteiger partial charge in [-0.1, -0.05) is 26.7 Å². The minimum absolute atomic E-state index is 0.0619. The summed E-state index contributed by atoms with van der Waals surface area (Å²) in [7, 11) is 0. The highest BCUT2D eigenvalue weighted by Gasteiger charge is 2.23. The van der Waals surface area contributed by atoms with Crippen molar-refractivity contribution in [1.82, 2.24) is 0 Å². The third-order valence-electron chi connectivity index (χ3n) is 2.58. The number of hydrogen-bond acceptors (Lipinski definition) is 6. The predicted octanol–water partition coefficient (Wildman–Crippen LogP) is 2.70. The maximum Gasteiger partial charge on any atom is 0.369 e. The normalized spacial score (nSPS) is 11.8. The highest BCUT2D eigenvalue weighted by molar-refractivity contribution is 5.99. The van der Waals surface area contributed by atoms with Crippen LogP contribution in [0.4, 0.5) is 0 Å². The van der Waals surface area contributed by atoms with E-state index >= 15 is 0 Å². The van der Waals surface area contributed by atoms with Crippen molar-refractivity contribution < 1.29 is 29.9 Å². The first kappa shape index (κ1) is 16.6. The average Bonchev–Trinajstić information content (AvgIpc) is 2.40. The molecule has 0 atom stereocenters. The Bertz CT molecular complexity index is 278. The molecule has 0 amide bonds. The molecule has 0 aliphatic carbocycles. The van der Waals surface area contributed by atoms with Crippen molar-refractivity contribution in [3.63, 3.8) is 0 Å². The summed E-state index contributed by atoms with van der Waals surface area (Å²) in [6, 6.07) is 0. The smallest absolute Gasteiger partial charge is 0.296 e. The number of hydrogen-bond donors (Lipinski definition) is 2. The Morgan fingerprint density at radius 3 is 1.39 bits per heavy atom. The van der Waals surface area contributed by atoms with Crippen LogP contribution in [0.15, 0.2) is 11.1 Å². The molecule has 0 fully saturated rings. The molecule has 0 aromatic carbocycles. The Labute approximate surface area is 106 Å². The Hall–Kier alpha value is -1.40. The zero-order chi connectivity index (χ0) is 14.0. The molecule has 104 valence electrons. The summed E-state index contributed by atoms with van der Waals surface area (Å²) in [5.74, 6) is -1.94. The summed E-state index contributed by atoms with van der Waals surface area (Å²) in [5.41, 5.74) is 0.124. The lowest BCUT2D eigenvalue weighted by Crippen LogP contribution is -2.15. The van der Waals surface area contributed by atoms with E-state index in [-0.39, 0.29) is 11.1 Å². The molecule has 0 heterocycles. The first-order valence-corrected chi connectivity index (χ1v) is 6.05. The van der Waals surface area contributed by atoms with E-state index in [9.17, 15) is 9.59 Å². The fourth-order valence-corrected chi connectivity index (χ4v) is 1.57. The van der Waals surface area contributed by atoms with Crippen LogP contribution in [-0.4, -0.2) is 22.5 Å². The zero-order valence-electron chi connectivity index (χ0n) is 10.8. The monoisotopic (exact) mass is 260 g/mol. The summed E-state index contributed by atoms with van der Waals surface area (Å²) in [5, 5.41) is 16.9. The van der Waals surface area contributed by atoms with Crippen LogP contribution in [0.5, 0.6) is 0 Å². The van der Waals surface area contributed by atoms with Gasteiger partial charge in [-0.3, -0.25) is 9.78 Å². The van der Waals surface area contributed by atoms with Crippen molar-refractivity contribution in [3.8, 4) is 0 Å². The van der Waals surface area contributed by atoms with Gasteiger partial charge in [0.1, 0.15) is 0 Å². The second kappa shape index (κ2) is 9.61. The molecule has 0 bridgehead atoms. The minimum Gasteiger partial charge on any atom is -0.296 e. The molecule has 0 unspecified atom stereocenters. The minimum atomic E-state index is -0.972. The SMILES string of the molecule is CCCC/C(C(=O)OO)=C(/CCCC)C(=O)OO. The second-order valence-corrected chi connectivity index (χ2v) is 3.92. The fourth-order valence-electron chi connectivity index (χ4n) is 1.57. The van der Waals surface area contributed by atoms with E-state index in [1.807, 2.05) is 13.8 Å². The Balaban J connectivity index is 5.21. The maximum atomic E-state index is 11.4. The first-order valence-electron chi connectivity index (χ1n) is 6.05. The van der Waals surface area contributed by atoms with Crippen molar-refractivity contribution in [2.24, 2.45) is 0 Å². The summed E-state index contributed by atoms with van der Waals surface area (Å²) < 4.78 is 0. The van der Waals surface area contributed by atoms with Gasteiger partial charge in [-0.15, -0.1) is 0 Å². The molecule has 0 rings (SSSR count). The highest BCUT2D eigenvalue weighted by Crippen LogP contribution is 2.20. The van der Waals surface area contributed by atoms with Gasteiger partial charge in [0.15, 0.2) is 0 Å². The van der Waals surface area contributed by atoms with E-state index in [1.165, 1.54) is 0 Å². The molecular weight excluding hydrogens is 240 g/mol. The molecule has 0 radical (unpaired) electrons. The van der Waals surface area contributed by atoms with Crippen LogP contribution in [0.25, 0.3) is 0 Å².